The number of carbonyl (C=O) groups excluding carboxylic acids is 1. The third-order valence-corrected chi connectivity index (χ3v) is 6.29. The number of hydrogen-bond donors (Lipinski definition) is 0. The van der Waals surface area contributed by atoms with Crippen LogP contribution in [0, 0.1) is 0 Å². The van der Waals surface area contributed by atoms with Gasteiger partial charge in [0.2, 0.25) is 0 Å². The quantitative estimate of drug-likeness (QED) is 0.379. The highest BCUT2D eigenvalue weighted by Crippen LogP contribution is 2.33. The number of furan rings is 1. The summed E-state index contributed by atoms with van der Waals surface area (Å²) >= 11 is 1.55. The lowest BCUT2D eigenvalue weighted by Crippen LogP contribution is -2.33. The number of carbonyl (C=O) groups is 1. The molecule has 0 spiro atoms. The lowest BCUT2D eigenvalue weighted by molar-refractivity contribution is 0.0961. The molecule has 7 heteroatoms. The fourth-order valence-corrected chi connectivity index (χ4v) is 4.61. The van der Waals surface area contributed by atoms with E-state index in [0.717, 1.165) is 35.0 Å². The molecule has 0 unspecified atom stereocenters. The highest BCUT2D eigenvalue weighted by Gasteiger charge is 2.25. The van der Waals surface area contributed by atoms with Crippen LogP contribution in [-0.4, -0.2) is 50.1 Å². The van der Waals surface area contributed by atoms with Gasteiger partial charge in [0.05, 0.1) is 17.3 Å². The number of nitrogens with zero attached hydrogens (tertiary/aromatic N) is 3. The second kappa shape index (κ2) is 9.08. The van der Waals surface area contributed by atoms with Crippen molar-refractivity contribution in [3.63, 3.8) is 0 Å². The molecule has 162 valence electrons. The lowest BCUT2D eigenvalue weighted by Gasteiger charge is -2.19. The summed E-state index contributed by atoms with van der Waals surface area (Å²) in [5.74, 6) is 0.715. The molecule has 0 radical (unpaired) electrons. The van der Waals surface area contributed by atoms with E-state index in [1.165, 1.54) is 5.56 Å². The maximum Gasteiger partial charge on any atom is 0.295 e. The fraction of sp³-hybridized carbons (Fsp3) is 0.333. The molecule has 0 aliphatic rings. The number of hydrogen-bond acceptors (Lipinski definition) is 6. The van der Waals surface area contributed by atoms with Crippen molar-refractivity contribution < 1.29 is 13.9 Å². The second-order valence-corrected chi connectivity index (χ2v) is 8.76. The lowest BCUT2D eigenvalue weighted by atomic mass is 10.2. The number of rotatable bonds is 8. The van der Waals surface area contributed by atoms with Crippen molar-refractivity contribution in [3.8, 4) is 5.75 Å². The Labute approximate surface area is 186 Å². The Kier molecular flexibility index (Phi) is 6.25. The van der Waals surface area contributed by atoms with Crippen LogP contribution in [0.1, 0.15) is 29.5 Å². The van der Waals surface area contributed by atoms with E-state index >= 15 is 0 Å². The molecule has 1 amide bonds. The van der Waals surface area contributed by atoms with Gasteiger partial charge in [-0.1, -0.05) is 36.5 Å². The van der Waals surface area contributed by atoms with Crippen molar-refractivity contribution in [2.45, 2.75) is 19.8 Å². The third-order valence-electron chi connectivity index (χ3n) is 5.25. The van der Waals surface area contributed by atoms with Crippen LogP contribution < -0.4 is 9.64 Å². The van der Waals surface area contributed by atoms with Crippen molar-refractivity contribution in [2.24, 2.45) is 0 Å². The van der Waals surface area contributed by atoms with E-state index in [2.05, 4.69) is 24.0 Å². The molecule has 4 rings (SSSR count). The highest BCUT2D eigenvalue weighted by molar-refractivity contribution is 7.22. The first kappa shape index (κ1) is 21.3. The zero-order valence-corrected chi connectivity index (χ0v) is 19.2. The molecule has 2 aromatic heterocycles. The van der Waals surface area contributed by atoms with Gasteiger partial charge in [-0.2, -0.15) is 0 Å². The Bertz CT molecular complexity index is 1210. The number of amides is 1. The first-order valence-corrected chi connectivity index (χ1v) is 11.2. The molecule has 0 aliphatic carbocycles. The van der Waals surface area contributed by atoms with Crippen LogP contribution in [0.4, 0.5) is 5.13 Å². The van der Waals surface area contributed by atoms with Crippen LogP contribution in [0.15, 0.2) is 46.9 Å². The van der Waals surface area contributed by atoms with Crippen LogP contribution in [0.2, 0.25) is 0 Å². The number of thiazole rings is 1. The minimum absolute atomic E-state index is 0.188. The smallest absolute Gasteiger partial charge is 0.295 e. The van der Waals surface area contributed by atoms with Crippen molar-refractivity contribution in [1.29, 1.82) is 0 Å². The molecule has 4 aromatic rings. The van der Waals surface area contributed by atoms with Gasteiger partial charge in [-0.15, -0.1) is 0 Å². The number of anilines is 1. The minimum Gasteiger partial charge on any atom is -0.493 e. The Morgan fingerprint density at radius 3 is 2.74 bits per heavy atom. The first-order valence-electron chi connectivity index (χ1n) is 10.4. The van der Waals surface area contributed by atoms with Crippen LogP contribution in [-0.2, 0) is 6.42 Å². The van der Waals surface area contributed by atoms with E-state index in [1.54, 1.807) is 29.4 Å². The van der Waals surface area contributed by atoms with Crippen LogP contribution in [0.3, 0.4) is 0 Å². The predicted octanol–water partition coefficient (Wildman–Crippen LogP) is 5.21. The van der Waals surface area contributed by atoms with E-state index < -0.39 is 0 Å². The second-order valence-electron chi connectivity index (χ2n) is 7.75. The van der Waals surface area contributed by atoms with Crippen LogP contribution in [0.25, 0.3) is 21.2 Å². The summed E-state index contributed by atoms with van der Waals surface area (Å²) in [7, 11) is 5.65. The first-order chi connectivity index (χ1) is 15.0. The SMILES string of the molecule is CCc1ccc2nc(N(CCCN(C)C)C(=O)c3cc4cccc(OC)c4o3)sc2c1. The van der Waals surface area contributed by atoms with Gasteiger partial charge in [0, 0.05) is 11.9 Å². The van der Waals surface area contributed by atoms with Crippen molar-refractivity contribution in [3.05, 3.63) is 53.8 Å². The van der Waals surface area contributed by atoms with Crippen LogP contribution in [0.5, 0.6) is 5.75 Å². The minimum atomic E-state index is -0.188. The van der Waals surface area contributed by atoms with Gasteiger partial charge in [0.1, 0.15) is 0 Å². The predicted molar refractivity (Wildman–Crippen MR) is 127 cm³/mol. The van der Waals surface area contributed by atoms with Gasteiger partial charge in [0.25, 0.3) is 5.91 Å². The van der Waals surface area contributed by atoms with Gasteiger partial charge >= 0.3 is 0 Å². The Balaban J connectivity index is 1.71. The summed E-state index contributed by atoms with van der Waals surface area (Å²) in [6.07, 6.45) is 1.80. The molecule has 0 aliphatic heterocycles. The summed E-state index contributed by atoms with van der Waals surface area (Å²) in [5.41, 5.74) is 2.75. The number of methoxy groups -OCH3 is 1. The molecule has 31 heavy (non-hydrogen) atoms. The standard InChI is InChI=1S/C24H27N3O3S/c1-5-16-10-11-18-21(14-16)31-24(25-18)27(13-7-12-26(2)3)23(28)20-15-17-8-6-9-19(29-4)22(17)30-20/h6,8-11,14-15H,5,7,12-13H2,1-4H3. The van der Waals surface area contributed by atoms with E-state index in [4.69, 9.17) is 14.1 Å². The zero-order chi connectivity index (χ0) is 22.0. The number of aromatic nitrogens is 1. The molecule has 2 heterocycles. The molecular weight excluding hydrogens is 410 g/mol. The average molecular weight is 438 g/mol. The molecule has 6 nitrogen and oxygen atoms in total. The third kappa shape index (κ3) is 4.43. The van der Waals surface area contributed by atoms with E-state index in [0.29, 0.717) is 23.0 Å². The average Bonchev–Trinajstić information content (AvgIpc) is 3.39. The Morgan fingerprint density at radius 1 is 1.16 bits per heavy atom. The van der Waals surface area contributed by atoms with Gasteiger partial charge < -0.3 is 14.1 Å². The largest absolute Gasteiger partial charge is 0.493 e. The fourth-order valence-electron chi connectivity index (χ4n) is 3.56. The Morgan fingerprint density at radius 2 is 2.00 bits per heavy atom. The number of benzene rings is 2. The molecule has 0 saturated carbocycles. The monoisotopic (exact) mass is 437 g/mol. The maximum atomic E-state index is 13.5. The van der Waals surface area contributed by atoms with Gasteiger partial charge in [-0.25, -0.2) is 4.98 Å². The maximum absolute atomic E-state index is 13.5. The molecule has 0 N–H and O–H groups in total. The number of ether oxygens (including phenoxy) is 1. The number of fused-ring (bicyclic) bond motifs is 2. The Hall–Kier alpha value is -2.90. The summed E-state index contributed by atoms with van der Waals surface area (Å²) in [6, 6.07) is 13.7. The van der Waals surface area contributed by atoms with Gasteiger partial charge in [-0.05, 0) is 63.3 Å². The van der Waals surface area contributed by atoms with Crippen molar-refractivity contribution >= 4 is 43.6 Å². The molecular formula is C24H27N3O3S. The molecule has 0 bridgehead atoms. The summed E-state index contributed by atoms with van der Waals surface area (Å²) in [6.45, 7) is 3.57. The van der Waals surface area contributed by atoms with Crippen LogP contribution >= 0.6 is 11.3 Å². The normalized spacial score (nSPS) is 11.5. The molecule has 0 fully saturated rings. The summed E-state index contributed by atoms with van der Waals surface area (Å²) in [5, 5.41) is 1.53. The summed E-state index contributed by atoms with van der Waals surface area (Å²) in [4.78, 5) is 22.2. The van der Waals surface area contributed by atoms with Crippen molar-refractivity contribution in [1.82, 2.24) is 9.88 Å². The summed E-state index contributed by atoms with van der Waals surface area (Å²) < 4.78 is 12.4. The zero-order valence-electron chi connectivity index (χ0n) is 18.3. The number of aryl methyl sites for hydroxylation is 1. The molecule has 0 saturated heterocycles. The van der Waals surface area contributed by atoms with Gasteiger partial charge in [0.15, 0.2) is 22.2 Å². The number of para-hydroxylation sites is 1. The van der Waals surface area contributed by atoms with Gasteiger partial charge in [-0.3, -0.25) is 9.69 Å². The van der Waals surface area contributed by atoms with Crippen molar-refractivity contribution in [2.75, 3.05) is 39.2 Å². The van der Waals surface area contributed by atoms with E-state index in [9.17, 15) is 4.79 Å². The topological polar surface area (TPSA) is 58.8 Å². The molecule has 2 aromatic carbocycles. The molecule has 0 atom stereocenters. The highest BCUT2D eigenvalue weighted by atomic mass is 32.1. The van der Waals surface area contributed by atoms with E-state index in [-0.39, 0.29) is 11.7 Å². The van der Waals surface area contributed by atoms with E-state index in [1.807, 2.05) is 38.4 Å².